The van der Waals surface area contributed by atoms with Gasteiger partial charge in [-0.1, -0.05) is 78.1 Å². The molecule has 220 valence electrons. The molecule has 1 N–H and O–H groups in total. The minimum atomic E-state index is -3.90. The maximum Gasteiger partial charge on any atom is 0.244 e. The first kappa shape index (κ1) is 32.7. The highest BCUT2D eigenvalue weighted by molar-refractivity contribution is 7.92. The highest BCUT2D eigenvalue weighted by Crippen LogP contribution is 2.28. The molecular weight excluding hydrogens is 605 g/mol. The topological polar surface area (TPSA) is 86.8 Å². The lowest BCUT2D eigenvalue weighted by molar-refractivity contribution is -0.140. The van der Waals surface area contributed by atoms with Crippen molar-refractivity contribution in [1.29, 1.82) is 0 Å². The van der Waals surface area contributed by atoms with E-state index in [-0.39, 0.29) is 24.9 Å². The third kappa shape index (κ3) is 9.10. The third-order valence-corrected chi connectivity index (χ3v) is 8.68. The smallest absolute Gasteiger partial charge is 0.244 e. The number of sulfonamides is 1. The van der Waals surface area contributed by atoms with Crippen LogP contribution in [0.25, 0.3) is 0 Å². The van der Waals surface area contributed by atoms with Crippen LogP contribution in [0.5, 0.6) is 0 Å². The van der Waals surface area contributed by atoms with Crippen molar-refractivity contribution in [2.24, 2.45) is 0 Å². The number of nitrogens with zero attached hydrogens (tertiary/aromatic N) is 2. The highest BCUT2D eigenvalue weighted by atomic mass is 35.5. The summed E-state index contributed by atoms with van der Waals surface area (Å²) in [4.78, 5) is 29.3. The first-order valence-corrected chi connectivity index (χ1v) is 16.1. The zero-order chi connectivity index (χ0) is 30.3. The van der Waals surface area contributed by atoms with Gasteiger partial charge in [0.1, 0.15) is 12.6 Å². The Kier molecular flexibility index (Phi) is 11.5. The molecule has 41 heavy (non-hydrogen) atoms. The molecule has 7 nitrogen and oxygen atoms in total. The van der Waals surface area contributed by atoms with Crippen LogP contribution in [0, 0.1) is 6.92 Å². The number of halogens is 3. The summed E-state index contributed by atoms with van der Waals surface area (Å²) >= 11 is 18.7. The first-order chi connectivity index (χ1) is 19.3. The van der Waals surface area contributed by atoms with E-state index >= 15 is 0 Å². The van der Waals surface area contributed by atoms with E-state index in [1.54, 1.807) is 43.3 Å². The Hall–Kier alpha value is -2.78. The maximum absolute atomic E-state index is 14.2. The van der Waals surface area contributed by atoms with Crippen LogP contribution in [0.15, 0.2) is 66.7 Å². The summed E-state index contributed by atoms with van der Waals surface area (Å²) in [5.74, 6) is -0.925. The summed E-state index contributed by atoms with van der Waals surface area (Å²) < 4.78 is 27.0. The Morgan fingerprint density at radius 1 is 0.951 bits per heavy atom. The van der Waals surface area contributed by atoms with Gasteiger partial charge >= 0.3 is 0 Å². The lowest BCUT2D eigenvalue weighted by Gasteiger charge is -2.34. The van der Waals surface area contributed by atoms with Gasteiger partial charge in [-0.25, -0.2) is 8.42 Å². The van der Waals surface area contributed by atoms with E-state index in [1.165, 1.54) is 4.90 Å². The van der Waals surface area contributed by atoms with Crippen LogP contribution in [-0.2, 0) is 32.6 Å². The van der Waals surface area contributed by atoms with Crippen molar-refractivity contribution in [3.63, 3.8) is 0 Å². The van der Waals surface area contributed by atoms with Gasteiger partial charge in [-0.05, 0) is 67.3 Å². The Labute approximate surface area is 257 Å². The zero-order valence-electron chi connectivity index (χ0n) is 23.4. The fraction of sp³-hybridized carbons (Fsp3) is 0.333. The van der Waals surface area contributed by atoms with Crippen molar-refractivity contribution < 1.29 is 18.0 Å². The lowest BCUT2D eigenvalue weighted by Crippen LogP contribution is -2.54. The van der Waals surface area contributed by atoms with Gasteiger partial charge in [0.2, 0.25) is 21.8 Å². The van der Waals surface area contributed by atoms with E-state index in [0.717, 1.165) is 16.1 Å². The molecule has 0 aromatic heterocycles. The Balaban J connectivity index is 2.11. The summed E-state index contributed by atoms with van der Waals surface area (Å²) in [6, 6.07) is 17.9. The van der Waals surface area contributed by atoms with E-state index in [1.807, 2.05) is 44.2 Å². The SMILES string of the molecule is CC[C@H](C)NC(=O)[C@@H](Cc1ccccc1)N(Cc1ccc(Cl)cc1Cl)C(=O)CN(c1ccc(Cl)cc1C)S(C)(=O)=O. The van der Waals surface area contributed by atoms with Crippen molar-refractivity contribution in [2.75, 3.05) is 17.1 Å². The molecule has 0 aliphatic rings. The molecule has 0 aliphatic heterocycles. The molecule has 0 saturated carbocycles. The number of amides is 2. The van der Waals surface area contributed by atoms with Gasteiger partial charge in [0.25, 0.3) is 0 Å². The van der Waals surface area contributed by atoms with Crippen LogP contribution in [-0.4, -0.2) is 50.0 Å². The van der Waals surface area contributed by atoms with Gasteiger partial charge < -0.3 is 10.2 Å². The summed E-state index contributed by atoms with van der Waals surface area (Å²) in [5, 5.41) is 4.18. The molecule has 0 saturated heterocycles. The largest absolute Gasteiger partial charge is 0.352 e. The molecule has 0 bridgehead atoms. The number of benzene rings is 3. The van der Waals surface area contributed by atoms with E-state index in [9.17, 15) is 18.0 Å². The molecule has 0 radical (unpaired) electrons. The molecule has 11 heteroatoms. The average molecular weight is 639 g/mol. The van der Waals surface area contributed by atoms with Crippen molar-refractivity contribution in [3.8, 4) is 0 Å². The number of anilines is 1. The quantitative estimate of drug-likeness (QED) is 0.253. The lowest BCUT2D eigenvalue weighted by atomic mass is 10.0. The normalized spacial score (nSPS) is 12.9. The molecule has 0 unspecified atom stereocenters. The molecule has 3 aromatic rings. The number of nitrogens with one attached hydrogen (secondary N) is 1. The monoisotopic (exact) mass is 637 g/mol. The van der Waals surface area contributed by atoms with Crippen molar-refractivity contribution in [1.82, 2.24) is 10.2 Å². The van der Waals surface area contributed by atoms with Gasteiger partial charge in [-0.3, -0.25) is 13.9 Å². The minimum absolute atomic E-state index is 0.0442. The molecular formula is C30H34Cl3N3O4S. The second kappa shape index (κ2) is 14.4. The number of hydrogen-bond donors (Lipinski definition) is 1. The standard InChI is InChI=1S/C30H34Cl3N3O4S/c1-5-21(3)34-30(38)28(16-22-9-7-6-8-10-22)35(18-23-11-12-25(32)17-26(23)33)29(37)19-36(41(4,39)40)27-14-13-24(31)15-20(27)2/h6-15,17,21,28H,5,16,18-19H2,1-4H3,(H,34,38)/t21-,28+/m0/s1. The Bertz CT molecular complexity index is 1490. The molecule has 2 atom stereocenters. The predicted octanol–water partition coefficient (Wildman–Crippen LogP) is 6.28. The third-order valence-electron chi connectivity index (χ3n) is 6.73. The number of rotatable bonds is 12. The van der Waals surface area contributed by atoms with Crippen LogP contribution in [0.4, 0.5) is 5.69 Å². The van der Waals surface area contributed by atoms with Crippen molar-refractivity contribution in [3.05, 3.63) is 98.5 Å². The van der Waals surface area contributed by atoms with Crippen LogP contribution < -0.4 is 9.62 Å². The summed E-state index contributed by atoms with van der Waals surface area (Å²) in [7, 11) is -3.90. The van der Waals surface area contributed by atoms with Gasteiger partial charge in [0, 0.05) is 34.1 Å². The summed E-state index contributed by atoms with van der Waals surface area (Å²) in [5.41, 5.74) is 2.30. The predicted molar refractivity (Wildman–Crippen MR) is 167 cm³/mol. The number of carbonyl (C=O) groups excluding carboxylic acids is 2. The molecule has 0 fully saturated rings. The Morgan fingerprint density at radius 3 is 2.17 bits per heavy atom. The van der Waals surface area contributed by atoms with Gasteiger partial charge in [-0.15, -0.1) is 0 Å². The summed E-state index contributed by atoms with van der Waals surface area (Å²) in [6.45, 7) is 4.97. The van der Waals surface area contributed by atoms with E-state index in [4.69, 9.17) is 34.8 Å². The van der Waals surface area contributed by atoms with Crippen LogP contribution >= 0.6 is 34.8 Å². The van der Waals surface area contributed by atoms with Crippen molar-refractivity contribution >= 4 is 62.3 Å². The molecule has 3 aromatic carbocycles. The second-order valence-electron chi connectivity index (χ2n) is 9.98. The van der Waals surface area contributed by atoms with Gasteiger partial charge in [0.05, 0.1) is 11.9 Å². The molecule has 2 amide bonds. The fourth-order valence-corrected chi connectivity index (χ4v) is 5.92. The number of aryl methyl sites for hydroxylation is 1. The van der Waals surface area contributed by atoms with Crippen LogP contribution in [0.1, 0.15) is 37.0 Å². The minimum Gasteiger partial charge on any atom is -0.352 e. The highest BCUT2D eigenvalue weighted by Gasteiger charge is 2.34. The molecule has 0 aliphatic carbocycles. The first-order valence-electron chi connectivity index (χ1n) is 13.1. The average Bonchev–Trinajstić information content (AvgIpc) is 2.90. The maximum atomic E-state index is 14.2. The van der Waals surface area contributed by atoms with Gasteiger partial charge in [-0.2, -0.15) is 0 Å². The second-order valence-corrected chi connectivity index (χ2v) is 13.2. The van der Waals surface area contributed by atoms with Gasteiger partial charge in [0.15, 0.2) is 0 Å². The van der Waals surface area contributed by atoms with E-state index < -0.39 is 28.5 Å². The number of carbonyl (C=O) groups is 2. The summed E-state index contributed by atoms with van der Waals surface area (Å²) in [6.07, 6.45) is 1.93. The molecule has 0 spiro atoms. The molecule has 3 rings (SSSR count). The zero-order valence-corrected chi connectivity index (χ0v) is 26.5. The fourth-order valence-electron chi connectivity index (χ4n) is 4.32. The Morgan fingerprint density at radius 2 is 1.59 bits per heavy atom. The van der Waals surface area contributed by atoms with Crippen LogP contribution in [0.2, 0.25) is 15.1 Å². The van der Waals surface area contributed by atoms with Crippen LogP contribution in [0.3, 0.4) is 0 Å². The molecule has 0 heterocycles. The number of hydrogen-bond acceptors (Lipinski definition) is 4. The van der Waals surface area contributed by atoms with E-state index in [0.29, 0.717) is 38.3 Å². The van der Waals surface area contributed by atoms with E-state index in [2.05, 4.69) is 5.32 Å². The van der Waals surface area contributed by atoms with Crippen molar-refractivity contribution in [2.45, 2.75) is 52.2 Å².